The van der Waals surface area contributed by atoms with Gasteiger partial charge in [0.05, 0.1) is 45.4 Å². The number of hydrogen-bond donors (Lipinski definition) is 3. The standard InChI is InChI=1S/C25H45NO6/c1-2-3-4-5-6-7-8-9-10-11-12-19-26(20-13-16-23(27)28,21-14-17-24(29)30)22-15-18-25(31)32/h8-9H,2-7,10-22H2,1H3,(H2-,27,28,29,30,31,32)/p+1/b9-8+. The second-order valence-electron chi connectivity index (χ2n) is 8.90. The summed E-state index contributed by atoms with van der Waals surface area (Å²) in [7, 11) is 0. The molecule has 0 unspecified atom stereocenters. The maximum Gasteiger partial charge on any atom is 0.303 e. The van der Waals surface area contributed by atoms with Crippen LogP contribution in [0.4, 0.5) is 0 Å². The van der Waals surface area contributed by atoms with E-state index in [1.165, 1.54) is 32.1 Å². The first-order valence-electron chi connectivity index (χ1n) is 12.5. The average Bonchev–Trinajstić information content (AvgIpc) is 2.71. The monoisotopic (exact) mass is 456 g/mol. The van der Waals surface area contributed by atoms with E-state index in [2.05, 4.69) is 19.1 Å². The van der Waals surface area contributed by atoms with E-state index < -0.39 is 17.9 Å². The molecule has 0 bridgehead atoms. The van der Waals surface area contributed by atoms with E-state index in [1.807, 2.05) is 0 Å². The predicted molar refractivity (Wildman–Crippen MR) is 127 cm³/mol. The summed E-state index contributed by atoms with van der Waals surface area (Å²) in [6, 6.07) is 0. The Hall–Kier alpha value is -1.89. The molecule has 7 heteroatoms. The Kier molecular flexibility index (Phi) is 18.6. The number of unbranched alkanes of at least 4 members (excludes halogenated alkanes) is 7. The van der Waals surface area contributed by atoms with Crippen molar-refractivity contribution in [1.82, 2.24) is 0 Å². The number of quaternary nitrogens is 1. The number of nitrogens with zero attached hydrogens (tertiary/aromatic N) is 1. The molecule has 0 aliphatic rings. The van der Waals surface area contributed by atoms with Crippen LogP contribution in [-0.2, 0) is 14.4 Å². The van der Waals surface area contributed by atoms with E-state index in [0.717, 1.165) is 32.2 Å². The third-order valence-electron chi connectivity index (χ3n) is 5.96. The molecule has 32 heavy (non-hydrogen) atoms. The number of hydrogen-bond acceptors (Lipinski definition) is 3. The molecule has 3 N–H and O–H groups in total. The summed E-state index contributed by atoms with van der Waals surface area (Å²) in [6.45, 7) is 5.01. The fourth-order valence-electron chi connectivity index (χ4n) is 4.18. The van der Waals surface area contributed by atoms with E-state index in [9.17, 15) is 14.4 Å². The van der Waals surface area contributed by atoms with Crippen LogP contribution >= 0.6 is 0 Å². The van der Waals surface area contributed by atoms with Crippen LogP contribution < -0.4 is 0 Å². The van der Waals surface area contributed by atoms with Crippen LogP contribution in [0.3, 0.4) is 0 Å². The van der Waals surface area contributed by atoms with Gasteiger partial charge in [0.15, 0.2) is 0 Å². The van der Waals surface area contributed by atoms with E-state index in [-0.39, 0.29) is 19.3 Å². The van der Waals surface area contributed by atoms with Crippen LogP contribution in [0.15, 0.2) is 12.2 Å². The molecule has 0 radical (unpaired) electrons. The fraction of sp³-hybridized carbons (Fsp3) is 0.800. The van der Waals surface area contributed by atoms with Crippen LogP contribution in [0.1, 0.15) is 103 Å². The highest BCUT2D eigenvalue weighted by Crippen LogP contribution is 2.18. The number of carboxylic acid groups (broad SMARTS) is 3. The van der Waals surface area contributed by atoms with E-state index in [0.29, 0.717) is 43.4 Å². The zero-order valence-electron chi connectivity index (χ0n) is 20.1. The molecule has 0 heterocycles. The molecule has 0 amide bonds. The Morgan fingerprint density at radius 3 is 1.34 bits per heavy atom. The highest BCUT2D eigenvalue weighted by molar-refractivity contribution is 5.67. The molecule has 0 aliphatic heterocycles. The maximum absolute atomic E-state index is 11.0. The van der Waals surface area contributed by atoms with E-state index in [4.69, 9.17) is 15.3 Å². The minimum Gasteiger partial charge on any atom is -0.481 e. The lowest BCUT2D eigenvalue weighted by atomic mass is 10.1. The molecule has 0 aromatic carbocycles. The van der Waals surface area contributed by atoms with Gasteiger partial charge in [-0.15, -0.1) is 0 Å². The highest BCUT2D eigenvalue weighted by atomic mass is 16.4. The molecular weight excluding hydrogens is 410 g/mol. The molecule has 0 aromatic heterocycles. The molecule has 0 saturated carbocycles. The van der Waals surface area contributed by atoms with Gasteiger partial charge >= 0.3 is 17.9 Å². The largest absolute Gasteiger partial charge is 0.481 e. The molecule has 0 fully saturated rings. The lowest BCUT2D eigenvalue weighted by molar-refractivity contribution is -0.929. The van der Waals surface area contributed by atoms with Crippen molar-refractivity contribution in [3.05, 3.63) is 12.2 Å². The smallest absolute Gasteiger partial charge is 0.303 e. The normalized spacial score (nSPS) is 11.8. The fourth-order valence-corrected chi connectivity index (χ4v) is 4.18. The van der Waals surface area contributed by atoms with Gasteiger partial charge in [-0.1, -0.05) is 44.8 Å². The third-order valence-corrected chi connectivity index (χ3v) is 5.96. The Morgan fingerprint density at radius 2 is 0.938 bits per heavy atom. The summed E-state index contributed by atoms with van der Waals surface area (Å²) in [4.78, 5) is 32.9. The summed E-state index contributed by atoms with van der Waals surface area (Å²) in [5.41, 5.74) is 0. The summed E-state index contributed by atoms with van der Waals surface area (Å²) < 4.78 is 0.620. The summed E-state index contributed by atoms with van der Waals surface area (Å²) >= 11 is 0. The molecule has 0 rings (SSSR count). The quantitative estimate of drug-likeness (QED) is 0.107. The molecule has 186 valence electrons. The molecule has 0 atom stereocenters. The Morgan fingerprint density at radius 1 is 0.562 bits per heavy atom. The van der Waals surface area contributed by atoms with Crippen LogP contribution in [0, 0.1) is 0 Å². The van der Waals surface area contributed by atoms with Crippen molar-refractivity contribution in [2.24, 2.45) is 0 Å². The first-order chi connectivity index (χ1) is 15.3. The lowest BCUT2D eigenvalue weighted by Gasteiger charge is -2.39. The highest BCUT2D eigenvalue weighted by Gasteiger charge is 2.27. The zero-order chi connectivity index (χ0) is 24.1. The Bertz CT molecular complexity index is 496. The van der Waals surface area contributed by atoms with Gasteiger partial charge < -0.3 is 19.8 Å². The Balaban J connectivity index is 4.65. The van der Waals surface area contributed by atoms with Gasteiger partial charge in [-0.05, 0) is 32.1 Å². The minimum absolute atomic E-state index is 0.0822. The second kappa shape index (κ2) is 19.8. The summed E-state index contributed by atoms with van der Waals surface area (Å²) in [5.74, 6) is -2.50. The van der Waals surface area contributed by atoms with Gasteiger partial charge in [0.1, 0.15) is 0 Å². The molecule has 0 spiro atoms. The van der Waals surface area contributed by atoms with Crippen LogP contribution in [0.25, 0.3) is 0 Å². The van der Waals surface area contributed by atoms with Crippen LogP contribution in [-0.4, -0.2) is 63.9 Å². The van der Waals surface area contributed by atoms with Crippen molar-refractivity contribution in [3.63, 3.8) is 0 Å². The van der Waals surface area contributed by atoms with Gasteiger partial charge in [0.2, 0.25) is 0 Å². The van der Waals surface area contributed by atoms with Crippen molar-refractivity contribution in [2.45, 2.75) is 103 Å². The maximum atomic E-state index is 11.0. The summed E-state index contributed by atoms with van der Waals surface area (Å²) in [5, 5.41) is 27.0. The molecule has 7 nitrogen and oxygen atoms in total. The number of carbonyl (C=O) groups is 3. The first-order valence-corrected chi connectivity index (χ1v) is 12.5. The first kappa shape index (κ1) is 30.1. The van der Waals surface area contributed by atoms with Gasteiger partial charge in [0.25, 0.3) is 0 Å². The molecule has 0 aromatic rings. The Labute approximate surface area is 194 Å². The molecule has 0 saturated heterocycles. The zero-order valence-corrected chi connectivity index (χ0v) is 20.1. The lowest BCUT2D eigenvalue weighted by Crippen LogP contribution is -2.51. The van der Waals surface area contributed by atoms with Crippen molar-refractivity contribution in [2.75, 3.05) is 26.2 Å². The average molecular weight is 457 g/mol. The molecular formula is C25H46NO6+. The van der Waals surface area contributed by atoms with E-state index in [1.54, 1.807) is 0 Å². The van der Waals surface area contributed by atoms with Crippen molar-refractivity contribution >= 4 is 17.9 Å². The van der Waals surface area contributed by atoms with Crippen LogP contribution in [0.2, 0.25) is 0 Å². The van der Waals surface area contributed by atoms with Gasteiger partial charge in [-0.3, -0.25) is 14.4 Å². The predicted octanol–water partition coefficient (Wildman–Crippen LogP) is 5.48. The topological polar surface area (TPSA) is 112 Å². The van der Waals surface area contributed by atoms with E-state index >= 15 is 0 Å². The summed E-state index contributed by atoms with van der Waals surface area (Å²) in [6.07, 6.45) is 16.9. The number of rotatable bonds is 23. The van der Waals surface area contributed by atoms with Crippen molar-refractivity contribution in [3.8, 4) is 0 Å². The number of carboxylic acids is 3. The second-order valence-corrected chi connectivity index (χ2v) is 8.90. The third kappa shape index (κ3) is 18.8. The van der Waals surface area contributed by atoms with Gasteiger partial charge in [0, 0.05) is 19.3 Å². The van der Waals surface area contributed by atoms with Gasteiger partial charge in [-0.25, -0.2) is 0 Å². The van der Waals surface area contributed by atoms with Crippen molar-refractivity contribution < 1.29 is 34.2 Å². The van der Waals surface area contributed by atoms with Gasteiger partial charge in [-0.2, -0.15) is 0 Å². The number of aliphatic carboxylic acids is 3. The minimum atomic E-state index is -0.834. The number of allylic oxidation sites excluding steroid dienone is 2. The van der Waals surface area contributed by atoms with Crippen LogP contribution in [0.5, 0.6) is 0 Å². The SMILES string of the molecule is CCCCCCC/C=C/CCCC[N+](CCCC(=O)O)(CCCC(=O)O)CCCC(=O)O. The molecule has 0 aliphatic carbocycles. The van der Waals surface area contributed by atoms with Crippen molar-refractivity contribution in [1.29, 1.82) is 0 Å².